The summed E-state index contributed by atoms with van der Waals surface area (Å²) >= 11 is 0. The Morgan fingerprint density at radius 2 is 2.20 bits per heavy atom. The Morgan fingerprint density at radius 3 is 2.95 bits per heavy atom. The van der Waals surface area contributed by atoms with E-state index in [0.717, 1.165) is 19.4 Å². The van der Waals surface area contributed by atoms with E-state index < -0.39 is 0 Å². The zero-order chi connectivity index (χ0) is 14.2. The molecule has 0 spiro atoms. The fraction of sp³-hybridized carbons (Fsp3) is 0.444. The number of hydrogen-bond donors (Lipinski definition) is 0. The lowest BCUT2D eigenvalue weighted by atomic mass is 9.99. The van der Waals surface area contributed by atoms with Crippen LogP contribution in [-0.4, -0.2) is 18.8 Å². The molecule has 0 radical (unpaired) electrons. The Morgan fingerprint density at radius 1 is 1.40 bits per heavy atom. The van der Waals surface area contributed by atoms with Gasteiger partial charge in [-0.3, -0.25) is 0 Å². The van der Waals surface area contributed by atoms with Crippen LogP contribution in [0.5, 0.6) is 0 Å². The van der Waals surface area contributed by atoms with Gasteiger partial charge in [0.2, 0.25) is 0 Å². The molecular weight excluding hydrogens is 248 g/mol. The summed E-state index contributed by atoms with van der Waals surface area (Å²) in [4.78, 5) is 0. The minimum Gasteiger partial charge on any atom is -0.376 e. The second-order valence-corrected chi connectivity index (χ2v) is 5.38. The van der Waals surface area contributed by atoms with E-state index in [1.165, 1.54) is 5.56 Å². The molecule has 2 nitrogen and oxygen atoms in total. The van der Waals surface area contributed by atoms with Crippen LogP contribution in [0.2, 0.25) is 0 Å². The van der Waals surface area contributed by atoms with Crippen molar-refractivity contribution in [2.24, 2.45) is 5.92 Å². The summed E-state index contributed by atoms with van der Waals surface area (Å²) in [6.45, 7) is 7.36. The van der Waals surface area contributed by atoms with Gasteiger partial charge in [-0.05, 0) is 18.4 Å². The summed E-state index contributed by atoms with van der Waals surface area (Å²) in [6, 6.07) is 10.3. The van der Waals surface area contributed by atoms with Gasteiger partial charge < -0.3 is 9.47 Å². The highest BCUT2D eigenvalue weighted by Gasteiger charge is 2.22. The standard InChI is InChI=1S/C18H24O2/c1-3-8-17-11-7-12-18(20-17)15(2)13-19-14-16-9-5-4-6-10-16/h3-7,9-11,15,17-18H,1,8,12-14H2,2H3/t15-,17+,18-/m0/s1. The highest BCUT2D eigenvalue weighted by Crippen LogP contribution is 2.21. The first-order valence-electron chi connectivity index (χ1n) is 7.34. The van der Waals surface area contributed by atoms with Gasteiger partial charge in [-0.1, -0.05) is 55.5 Å². The lowest BCUT2D eigenvalue weighted by Gasteiger charge is -2.29. The van der Waals surface area contributed by atoms with Crippen LogP contribution in [0.1, 0.15) is 25.3 Å². The maximum Gasteiger partial charge on any atom is 0.0794 e. The Bertz CT molecular complexity index is 424. The summed E-state index contributed by atoms with van der Waals surface area (Å²) in [5.41, 5.74) is 1.22. The van der Waals surface area contributed by atoms with Gasteiger partial charge in [0, 0.05) is 5.92 Å². The van der Waals surface area contributed by atoms with Crippen molar-refractivity contribution in [1.29, 1.82) is 0 Å². The van der Waals surface area contributed by atoms with Gasteiger partial charge >= 0.3 is 0 Å². The topological polar surface area (TPSA) is 18.5 Å². The minimum atomic E-state index is 0.183. The molecule has 1 heterocycles. The quantitative estimate of drug-likeness (QED) is 0.695. The maximum absolute atomic E-state index is 6.05. The molecule has 1 aromatic rings. The van der Waals surface area contributed by atoms with E-state index in [0.29, 0.717) is 12.5 Å². The third-order valence-electron chi connectivity index (χ3n) is 3.59. The molecule has 0 saturated carbocycles. The van der Waals surface area contributed by atoms with Gasteiger partial charge in [0.15, 0.2) is 0 Å². The molecule has 0 aliphatic carbocycles. The zero-order valence-electron chi connectivity index (χ0n) is 12.2. The molecule has 3 atom stereocenters. The predicted octanol–water partition coefficient (Wildman–Crippen LogP) is 4.13. The SMILES string of the molecule is C=CC[C@@H]1C=CC[C@@H]([C@@H](C)COCc2ccccc2)O1. The molecule has 0 aromatic heterocycles. The summed E-state index contributed by atoms with van der Waals surface area (Å²) in [5, 5.41) is 0. The smallest absolute Gasteiger partial charge is 0.0794 e. The molecule has 20 heavy (non-hydrogen) atoms. The highest BCUT2D eigenvalue weighted by atomic mass is 16.5. The Labute approximate surface area is 122 Å². The number of rotatable bonds is 7. The average Bonchev–Trinajstić information content (AvgIpc) is 2.49. The van der Waals surface area contributed by atoms with Crippen LogP contribution in [-0.2, 0) is 16.1 Å². The number of hydrogen-bond acceptors (Lipinski definition) is 2. The number of ether oxygens (including phenoxy) is 2. The van der Waals surface area contributed by atoms with E-state index in [4.69, 9.17) is 9.47 Å². The maximum atomic E-state index is 6.05. The fourth-order valence-corrected chi connectivity index (χ4v) is 2.40. The molecule has 0 amide bonds. The molecule has 0 fully saturated rings. The van der Waals surface area contributed by atoms with Crippen LogP contribution in [0, 0.1) is 5.92 Å². The first-order chi connectivity index (χ1) is 9.79. The van der Waals surface area contributed by atoms with Crippen LogP contribution >= 0.6 is 0 Å². The molecule has 0 unspecified atom stereocenters. The van der Waals surface area contributed by atoms with Gasteiger partial charge in [0.05, 0.1) is 25.4 Å². The van der Waals surface area contributed by atoms with Crippen molar-refractivity contribution < 1.29 is 9.47 Å². The lowest BCUT2D eigenvalue weighted by Crippen LogP contribution is -2.31. The van der Waals surface area contributed by atoms with Crippen LogP contribution < -0.4 is 0 Å². The summed E-state index contributed by atoms with van der Waals surface area (Å²) in [7, 11) is 0. The molecule has 0 N–H and O–H groups in total. The van der Waals surface area contributed by atoms with Gasteiger partial charge in [-0.15, -0.1) is 6.58 Å². The molecule has 0 bridgehead atoms. The van der Waals surface area contributed by atoms with Gasteiger partial charge in [-0.25, -0.2) is 0 Å². The van der Waals surface area contributed by atoms with Crippen molar-refractivity contribution in [1.82, 2.24) is 0 Å². The largest absolute Gasteiger partial charge is 0.376 e. The van der Waals surface area contributed by atoms with Gasteiger partial charge in [0.1, 0.15) is 0 Å². The van der Waals surface area contributed by atoms with Gasteiger partial charge in [-0.2, -0.15) is 0 Å². The first kappa shape index (κ1) is 15.0. The van der Waals surface area contributed by atoms with Crippen LogP contribution in [0.25, 0.3) is 0 Å². The predicted molar refractivity (Wildman–Crippen MR) is 82.5 cm³/mol. The molecule has 1 aliphatic rings. The second-order valence-electron chi connectivity index (χ2n) is 5.38. The summed E-state index contributed by atoms with van der Waals surface area (Å²) in [5.74, 6) is 0.399. The van der Waals surface area contributed by atoms with Crippen molar-refractivity contribution in [2.45, 2.75) is 38.6 Å². The van der Waals surface area contributed by atoms with E-state index in [9.17, 15) is 0 Å². The normalized spacial score (nSPS) is 23.4. The highest BCUT2D eigenvalue weighted by molar-refractivity contribution is 5.13. The van der Waals surface area contributed by atoms with Crippen molar-refractivity contribution in [2.75, 3.05) is 6.61 Å². The third-order valence-corrected chi connectivity index (χ3v) is 3.59. The molecular formula is C18H24O2. The van der Waals surface area contributed by atoms with Crippen LogP contribution in [0.15, 0.2) is 55.1 Å². The zero-order valence-corrected chi connectivity index (χ0v) is 12.2. The van der Waals surface area contributed by atoms with Crippen molar-refractivity contribution in [3.63, 3.8) is 0 Å². The Balaban J connectivity index is 1.73. The van der Waals surface area contributed by atoms with Gasteiger partial charge in [0.25, 0.3) is 0 Å². The van der Waals surface area contributed by atoms with E-state index in [2.05, 4.69) is 37.8 Å². The molecule has 0 saturated heterocycles. The second kappa shape index (κ2) is 8.03. The molecule has 2 rings (SSSR count). The molecule has 1 aliphatic heterocycles. The lowest BCUT2D eigenvalue weighted by molar-refractivity contribution is -0.0476. The van der Waals surface area contributed by atoms with Crippen molar-refractivity contribution in [3.05, 3.63) is 60.7 Å². The van der Waals surface area contributed by atoms with Crippen LogP contribution in [0.4, 0.5) is 0 Å². The monoisotopic (exact) mass is 272 g/mol. The number of benzene rings is 1. The van der Waals surface area contributed by atoms with Crippen molar-refractivity contribution in [3.8, 4) is 0 Å². The summed E-state index contributed by atoms with van der Waals surface area (Å²) < 4.78 is 11.9. The van der Waals surface area contributed by atoms with E-state index in [1.54, 1.807) is 0 Å². The Kier molecular flexibility index (Phi) is 6.03. The van der Waals surface area contributed by atoms with E-state index in [-0.39, 0.29) is 12.2 Å². The first-order valence-corrected chi connectivity index (χ1v) is 7.34. The summed E-state index contributed by atoms with van der Waals surface area (Å²) in [6.07, 6.45) is 8.55. The Hall–Kier alpha value is -1.38. The molecule has 108 valence electrons. The van der Waals surface area contributed by atoms with E-state index >= 15 is 0 Å². The van der Waals surface area contributed by atoms with Crippen molar-refractivity contribution >= 4 is 0 Å². The average molecular weight is 272 g/mol. The molecule has 1 aromatic carbocycles. The fourth-order valence-electron chi connectivity index (χ4n) is 2.40. The van der Waals surface area contributed by atoms with E-state index in [1.807, 2.05) is 24.3 Å². The van der Waals surface area contributed by atoms with Crippen LogP contribution in [0.3, 0.4) is 0 Å². The minimum absolute atomic E-state index is 0.183. The molecule has 2 heteroatoms. The third kappa shape index (κ3) is 4.62.